The second-order valence-electron chi connectivity index (χ2n) is 15.0. The van der Waals surface area contributed by atoms with Crippen molar-refractivity contribution in [1.29, 1.82) is 0 Å². The third-order valence-corrected chi connectivity index (χ3v) is 9.55. The predicted octanol–water partition coefficient (Wildman–Crippen LogP) is 6.33. The van der Waals surface area contributed by atoms with Crippen molar-refractivity contribution in [2.75, 3.05) is 13.2 Å². The number of rotatable bonds is 10. The molecule has 1 aliphatic carbocycles. The molecule has 1 unspecified atom stereocenters. The van der Waals surface area contributed by atoms with Gasteiger partial charge in [-0.15, -0.1) is 5.11 Å². The summed E-state index contributed by atoms with van der Waals surface area (Å²) in [6.45, 7) is 16.6. The Hall–Kier alpha value is -3.81. The smallest absolute Gasteiger partial charge is 0.275 e. The van der Waals surface area contributed by atoms with Crippen molar-refractivity contribution in [3.8, 4) is 5.75 Å². The maximum absolute atomic E-state index is 14.6. The van der Waals surface area contributed by atoms with E-state index in [4.69, 9.17) is 9.73 Å². The predicted molar refractivity (Wildman–Crippen MR) is 177 cm³/mol. The molecule has 2 aromatic rings. The van der Waals surface area contributed by atoms with Crippen molar-refractivity contribution in [3.05, 3.63) is 77.1 Å². The lowest BCUT2D eigenvalue weighted by molar-refractivity contribution is -0.478. The van der Waals surface area contributed by atoms with Gasteiger partial charge in [-0.25, -0.2) is 0 Å². The maximum atomic E-state index is 14.6. The van der Waals surface area contributed by atoms with Crippen molar-refractivity contribution in [3.63, 3.8) is 0 Å². The highest BCUT2D eigenvalue weighted by molar-refractivity contribution is 6.46. The van der Waals surface area contributed by atoms with Crippen LogP contribution in [0.3, 0.4) is 0 Å². The summed E-state index contributed by atoms with van der Waals surface area (Å²) in [7, 11) is 0. The monoisotopic (exact) mass is 612 g/mol. The highest BCUT2D eigenvalue weighted by Gasteiger charge is 2.52. The van der Waals surface area contributed by atoms with Gasteiger partial charge in [0.05, 0.1) is 19.2 Å². The summed E-state index contributed by atoms with van der Waals surface area (Å²) in [6.07, 6.45) is 7.24. The molecule has 3 aliphatic rings. The second-order valence-corrected chi connectivity index (χ2v) is 15.0. The summed E-state index contributed by atoms with van der Waals surface area (Å²) in [5.74, 6) is 1.20. The van der Waals surface area contributed by atoms with Gasteiger partial charge in [0, 0.05) is 16.2 Å². The van der Waals surface area contributed by atoms with Gasteiger partial charge in [0.2, 0.25) is 6.20 Å². The molecule has 0 saturated heterocycles. The van der Waals surface area contributed by atoms with Crippen molar-refractivity contribution >= 4 is 17.5 Å². The van der Waals surface area contributed by atoms with Gasteiger partial charge in [-0.3, -0.25) is 14.6 Å². The first-order valence-corrected chi connectivity index (χ1v) is 16.5. The van der Waals surface area contributed by atoms with E-state index in [0.29, 0.717) is 30.3 Å². The van der Waals surface area contributed by atoms with Crippen LogP contribution in [0.5, 0.6) is 5.75 Å². The highest BCUT2D eigenvalue weighted by Crippen LogP contribution is 2.50. The number of aliphatic imine (C=N–C) groups is 1. The Kier molecular flexibility index (Phi) is 9.33. The molecule has 8 heteroatoms. The zero-order chi connectivity index (χ0) is 32.4. The van der Waals surface area contributed by atoms with E-state index in [1.165, 1.54) is 0 Å². The van der Waals surface area contributed by atoms with Crippen LogP contribution < -0.4 is 15.2 Å². The summed E-state index contributed by atoms with van der Waals surface area (Å²) in [4.78, 5) is 35.0. The highest BCUT2D eigenvalue weighted by atomic mass is 16.5. The largest absolute Gasteiger partial charge is 0.494 e. The van der Waals surface area contributed by atoms with E-state index in [9.17, 15) is 9.59 Å². The van der Waals surface area contributed by atoms with E-state index in [1.54, 1.807) is 6.20 Å². The molecule has 2 aliphatic heterocycles. The Morgan fingerprint density at radius 2 is 1.69 bits per heavy atom. The van der Waals surface area contributed by atoms with E-state index in [2.05, 4.69) is 62.0 Å². The standard InChI is InChI=1S/C37H49N5O3/c1-8-45-30-15-13-26(14-16-30)32-34(44)42(37(40-32)21-17-28(18-22-37)36(5,6)7)31(19-20-35(2,3)4)25-9-11-27(12-10-25)33(43)38-23-29-24-39-41-29/h9-16,24,28,31H,8,17-23H2,1-7H3,(H,38,43)/p+1. The van der Waals surface area contributed by atoms with E-state index in [-0.39, 0.29) is 28.7 Å². The molecule has 2 heterocycles. The molecule has 2 aromatic carbocycles. The molecule has 45 heavy (non-hydrogen) atoms. The van der Waals surface area contributed by atoms with Crippen LogP contribution in [-0.4, -0.2) is 41.2 Å². The zero-order valence-corrected chi connectivity index (χ0v) is 28.1. The molecule has 5 rings (SSSR count). The number of carbonyl (C=O) groups is 2. The lowest BCUT2D eigenvalue weighted by Crippen LogP contribution is -2.64. The molecule has 1 spiro atoms. The normalized spacial score (nSPS) is 22.2. The number of azo groups is 1. The molecule has 1 saturated carbocycles. The van der Waals surface area contributed by atoms with Crippen LogP contribution in [0.2, 0.25) is 0 Å². The third-order valence-electron chi connectivity index (χ3n) is 9.55. The van der Waals surface area contributed by atoms with Gasteiger partial charge in [-0.1, -0.05) is 53.7 Å². The van der Waals surface area contributed by atoms with Gasteiger partial charge < -0.3 is 15.0 Å². The van der Waals surface area contributed by atoms with Crippen molar-refractivity contribution < 1.29 is 19.4 Å². The van der Waals surface area contributed by atoms with E-state index in [0.717, 1.165) is 61.1 Å². The number of benzene rings is 2. The van der Waals surface area contributed by atoms with Crippen LogP contribution in [0.4, 0.5) is 0 Å². The number of ether oxygens (including phenoxy) is 1. The van der Waals surface area contributed by atoms with Crippen LogP contribution in [0.1, 0.15) is 115 Å². The number of hydrogen-bond donors (Lipinski definition) is 2. The van der Waals surface area contributed by atoms with Gasteiger partial charge >= 0.3 is 0 Å². The summed E-state index contributed by atoms with van der Waals surface area (Å²) in [5.41, 5.74) is 3.49. The summed E-state index contributed by atoms with van der Waals surface area (Å²) >= 11 is 0. The van der Waals surface area contributed by atoms with Gasteiger partial charge in [0.25, 0.3) is 11.8 Å². The molecule has 1 fully saturated rings. The minimum Gasteiger partial charge on any atom is -0.494 e. The average Bonchev–Trinajstić information content (AvgIpc) is 3.23. The molecule has 2 amide bonds. The Bertz CT molecular complexity index is 1470. The number of carbonyl (C=O) groups excluding carboxylic acids is 2. The fraction of sp³-hybridized carbons (Fsp3) is 0.541. The molecule has 0 bridgehead atoms. The SMILES string of the molecule is CCOc1ccc(C2=NC3(CCC(C(C)(C)C)CC3)N(C(CCC(C)(C)C)c3ccc(C(=O)NCC4=C[NH+]=N4)cc3)C2=O)cc1. The zero-order valence-electron chi connectivity index (χ0n) is 28.1. The van der Waals surface area contributed by atoms with Crippen molar-refractivity contribution in [2.24, 2.45) is 26.9 Å². The molecular formula is C37H50N5O3+. The van der Waals surface area contributed by atoms with Gasteiger partial charge in [-0.2, -0.15) is 0 Å². The number of hydrogen-bond acceptors (Lipinski definition) is 5. The lowest BCUT2D eigenvalue weighted by Gasteiger charge is -2.47. The molecule has 240 valence electrons. The van der Waals surface area contributed by atoms with Crippen LogP contribution in [0.15, 0.2) is 70.5 Å². The topological polar surface area (TPSA) is 97.3 Å². The van der Waals surface area contributed by atoms with Crippen LogP contribution in [0, 0.1) is 16.7 Å². The van der Waals surface area contributed by atoms with E-state index in [1.807, 2.05) is 55.5 Å². The number of nitrogens with one attached hydrogen (secondary N) is 2. The lowest BCUT2D eigenvalue weighted by atomic mass is 9.69. The molecule has 1 atom stereocenters. The summed E-state index contributed by atoms with van der Waals surface area (Å²) < 4.78 is 5.67. The van der Waals surface area contributed by atoms with Gasteiger partial charge in [0.15, 0.2) is 5.70 Å². The van der Waals surface area contributed by atoms with E-state index >= 15 is 0 Å². The van der Waals surface area contributed by atoms with Crippen LogP contribution >= 0.6 is 0 Å². The third kappa shape index (κ3) is 7.37. The van der Waals surface area contributed by atoms with Crippen LogP contribution in [-0.2, 0) is 4.79 Å². The van der Waals surface area contributed by atoms with Crippen molar-refractivity contribution in [2.45, 2.75) is 98.7 Å². The van der Waals surface area contributed by atoms with Gasteiger partial charge in [-0.05, 0) is 104 Å². The second kappa shape index (κ2) is 12.9. The van der Waals surface area contributed by atoms with Crippen molar-refractivity contribution in [1.82, 2.24) is 10.2 Å². The molecule has 8 nitrogen and oxygen atoms in total. The first-order chi connectivity index (χ1) is 21.3. The fourth-order valence-electron chi connectivity index (χ4n) is 6.80. The summed E-state index contributed by atoms with van der Waals surface area (Å²) in [6, 6.07) is 15.4. The first-order valence-electron chi connectivity index (χ1n) is 16.5. The number of nitrogens with zero attached hydrogens (tertiary/aromatic N) is 3. The molecule has 2 N–H and O–H groups in total. The molecule has 0 radical (unpaired) electrons. The first kappa shape index (κ1) is 32.6. The van der Waals surface area contributed by atoms with E-state index < -0.39 is 5.66 Å². The Morgan fingerprint density at radius 3 is 2.22 bits per heavy atom. The molecular weight excluding hydrogens is 562 g/mol. The minimum atomic E-state index is -0.598. The Balaban J connectivity index is 1.49. The molecule has 0 aromatic heterocycles. The van der Waals surface area contributed by atoms with Crippen LogP contribution in [0.25, 0.3) is 0 Å². The average molecular weight is 613 g/mol. The Labute approximate surface area is 268 Å². The maximum Gasteiger partial charge on any atom is 0.275 e. The quantitative estimate of drug-likeness (QED) is 0.328. The Morgan fingerprint density at radius 1 is 1.04 bits per heavy atom. The minimum absolute atomic E-state index is 0.0137. The fourth-order valence-corrected chi connectivity index (χ4v) is 6.80. The summed E-state index contributed by atoms with van der Waals surface area (Å²) in [5, 5.41) is 9.64. The number of amides is 2. The van der Waals surface area contributed by atoms with Gasteiger partial charge in [0.1, 0.15) is 17.1 Å².